The highest BCUT2D eigenvalue weighted by Gasteiger charge is 2.30. The summed E-state index contributed by atoms with van der Waals surface area (Å²) in [4.78, 5) is 17.2. The minimum absolute atomic E-state index is 0.109. The smallest absolute Gasteiger partial charge is 0.416 e. The molecule has 1 aliphatic rings. The van der Waals surface area contributed by atoms with Crippen molar-refractivity contribution in [1.82, 2.24) is 9.80 Å². The maximum atomic E-state index is 13.2. The highest BCUT2D eigenvalue weighted by molar-refractivity contribution is 6.30. The normalized spacial score (nSPS) is 15.2. The fraction of sp³-hybridized carbons (Fsp3) is 0.345. The molecule has 1 fully saturated rings. The van der Waals surface area contributed by atoms with Gasteiger partial charge in [0, 0.05) is 43.8 Å². The van der Waals surface area contributed by atoms with Gasteiger partial charge in [-0.25, -0.2) is 0 Å². The first-order valence-corrected chi connectivity index (χ1v) is 12.8. The second-order valence-corrected chi connectivity index (χ2v) is 9.64. The lowest BCUT2D eigenvalue weighted by Crippen LogP contribution is -2.49. The van der Waals surface area contributed by atoms with Gasteiger partial charge in [-0.3, -0.25) is 9.69 Å². The van der Waals surface area contributed by atoms with Crippen molar-refractivity contribution >= 4 is 17.5 Å². The Morgan fingerprint density at radius 3 is 2.18 bits per heavy atom. The molecule has 3 aromatic rings. The zero-order valence-electron chi connectivity index (χ0n) is 21.7. The van der Waals surface area contributed by atoms with Crippen LogP contribution in [0.4, 0.5) is 13.2 Å². The molecule has 39 heavy (non-hydrogen) atoms. The number of alkyl halides is 3. The number of hydrogen-bond acceptors (Lipinski definition) is 5. The molecule has 1 aliphatic heterocycles. The summed E-state index contributed by atoms with van der Waals surface area (Å²) < 4.78 is 55.5. The van der Waals surface area contributed by atoms with Crippen LogP contribution in [-0.2, 0) is 17.5 Å². The van der Waals surface area contributed by atoms with Crippen LogP contribution in [0.3, 0.4) is 0 Å². The summed E-state index contributed by atoms with van der Waals surface area (Å²) >= 11 is 6.07. The van der Waals surface area contributed by atoms with Crippen LogP contribution < -0.4 is 9.47 Å². The van der Waals surface area contributed by atoms with E-state index in [-0.39, 0.29) is 18.6 Å². The van der Waals surface area contributed by atoms with E-state index >= 15 is 0 Å². The molecule has 1 amide bonds. The molecular weight excluding hydrogens is 533 g/mol. The van der Waals surface area contributed by atoms with Crippen LogP contribution in [0, 0.1) is 0 Å². The highest BCUT2D eigenvalue weighted by atomic mass is 35.5. The van der Waals surface area contributed by atoms with E-state index in [1.54, 1.807) is 42.3 Å². The Kier molecular flexibility index (Phi) is 9.37. The van der Waals surface area contributed by atoms with Crippen molar-refractivity contribution < 1.29 is 32.2 Å². The van der Waals surface area contributed by atoms with Gasteiger partial charge in [-0.1, -0.05) is 35.9 Å². The van der Waals surface area contributed by atoms with Gasteiger partial charge in [-0.15, -0.1) is 0 Å². The van der Waals surface area contributed by atoms with Crippen molar-refractivity contribution in [3.8, 4) is 11.5 Å². The molecule has 0 aromatic heterocycles. The monoisotopic (exact) mass is 562 g/mol. The van der Waals surface area contributed by atoms with Gasteiger partial charge >= 0.3 is 6.18 Å². The molecular formula is C29H30ClF3N2O4. The number of rotatable bonds is 9. The van der Waals surface area contributed by atoms with Gasteiger partial charge in [-0.2, -0.15) is 13.2 Å². The van der Waals surface area contributed by atoms with Crippen molar-refractivity contribution in [2.45, 2.75) is 18.9 Å². The standard InChI is InChI=1S/C29H30ClF3N2O4/c1-37-24-11-12-25(26(17-24)38-2)28(36)35-15-13-34(14-16-35)18-27(21-5-9-23(30)10-6-21)39-19-20-3-7-22(8-4-20)29(31,32)33/h3-12,17,27H,13-16,18-19H2,1-2H3/t27-/m0/s1. The summed E-state index contributed by atoms with van der Waals surface area (Å²) in [5.74, 6) is 0.959. The SMILES string of the molecule is COc1ccc(C(=O)N2CCN(C[C@H](OCc3ccc(C(F)(F)F)cc3)c3ccc(Cl)cc3)CC2)c(OC)c1. The first kappa shape index (κ1) is 28.7. The van der Waals surface area contributed by atoms with Crippen molar-refractivity contribution in [1.29, 1.82) is 0 Å². The van der Waals surface area contributed by atoms with E-state index in [1.807, 2.05) is 12.1 Å². The lowest BCUT2D eigenvalue weighted by Gasteiger charge is -2.36. The number of nitrogens with zero attached hydrogens (tertiary/aromatic N) is 2. The second-order valence-electron chi connectivity index (χ2n) is 9.20. The maximum Gasteiger partial charge on any atom is 0.416 e. The van der Waals surface area contributed by atoms with E-state index in [0.717, 1.165) is 17.7 Å². The van der Waals surface area contributed by atoms with Gasteiger partial charge in [0.05, 0.1) is 38.1 Å². The fourth-order valence-corrected chi connectivity index (χ4v) is 4.56. The van der Waals surface area contributed by atoms with Crippen LogP contribution in [0.5, 0.6) is 11.5 Å². The zero-order chi connectivity index (χ0) is 28.0. The van der Waals surface area contributed by atoms with Crippen LogP contribution in [0.2, 0.25) is 5.02 Å². The third-order valence-electron chi connectivity index (χ3n) is 6.70. The van der Waals surface area contributed by atoms with Crippen molar-refractivity contribution in [3.05, 3.63) is 94.0 Å². The maximum absolute atomic E-state index is 13.2. The molecule has 0 saturated carbocycles. The average molecular weight is 563 g/mol. The molecule has 208 valence electrons. The molecule has 3 aromatic carbocycles. The minimum atomic E-state index is -4.38. The Morgan fingerprint density at radius 1 is 0.923 bits per heavy atom. The number of ether oxygens (including phenoxy) is 3. The van der Waals surface area contributed by atoms with Gasteiger partial charge in [0.2, 0.25) is 0 Å². The molecule has 1 heterocycles. The fourth-order valence-electron chi connectivity index (χ4n) is 4.43. The largest absolute Gasteiger partial charge is 0.497 e. The summed E-state index contributed by atoms with van der Waals surface area (Å²) in [6.07, 6.45) is -4.72. The summed E-state index contributed by atoms with van der Waals surface area (Å²) in [5.41, 5.74) is 1.34. The van der Waals surface area contributed by atoms with E-state index in [9.17, 15) is 18.0 Å². The quantitative estimate of drug-likeness (QED) is 0.316. The molecule has 0 aliphatic carbocycles. The van der Waals surface area contributed by atoms with Gasteiger partial charge in [-0.05, 0) is 47.5 Å². The second kappa shape index (κ2) is 12.7. The number of piperazine rings is 1. The predicted molar refractivity (Wildman–Crippen MR) is 142 cm³/mol. The summed E-state index contributed by atoms with van der Waals surface area (Å²) in [6.45, 7) is 3.04. The van der Waals surface area contributed by atoms with E-state index in [4.69, 9.17) is 25.8 Å². The topological polar surface area (TPSA) is 51.2 Å². The van der Waals surface area contributed by atoms with Crippen LogP contribution >= 0.6 is 11.6 Å². The van der Waals surface area contributed by atoms with Crippen molar-refractivity contribution in [2.24, 2.45) is 0 Å². The first-order chi connectivity index (χ1) is 18.7. The van der Waals surface area contributed by atoms with Gasteiger partial charge in [0.1, 0.15) is 11.5 Å². The number of hydrogen-bond donors (Lipinski definition) is 0. The van der Waals surface area contributed by atoms with Crippen LogP contribution in [0.1, 0.15) is 33.2 Å². The molecule has 4 rings (SSSR count). The first-order valence-electron chi connectivity index (χ1n) is 12.4. The van der Waals surface area contributed by atoms with Crippen molar-refractivity contribution in [3.63, 3.8) is 0 Å². The minimum Gasteiger partial charge on any atom is -0.497 e. The number of benzene rings is 3. The third-order valence-corrected chi connectivity index (χ3v) is 6.95. The highest BCUT2D eigenvalue weighted by Crippen LogP contribution is 2.30. The van der Waals surface area contributed by atoms with E-state index < -0.39 is 11.7 Å². The molecule has 6 nitrogen and oxygen atoms in total. The molecule has 1 atom stereocenters. The molecule has 10 heteroatoms. The Bertz CT molecular complexity index is 1240. The molecule has 0 radical (unpaired) electrons. The van der Waals surface area contributed by atoms with Crippen molar-refractivity contribution in [2.75, 3.05) is 46.9 Å². The Balaban J connectivity index is 1.39. The third kappa shape index (κ3) is 7.44. The summed E-state index contributed by atoms with van der Waals surface area (Å²) in [7, 11) is 3.07. The average Bonchev–Trinajstić information content (AvgIpc) is 2.95. The molecule has 0 N–H and O–H groups in total. The van der Waals surface area contributed by atoms with Crippen LogP contribution in [0.25, 0.3) is 0 Å². The lowest BCUT2D eigenvalue weighted by atomic mass is 10.1. The number of carbonyl (C=O) groups excluding carboxylic acids is 1. The number of carbonyl (C=O) groups is 1. The van der Waals surface area contributed by atoms with Crippen LogP contribution in [0.15, 0.2) is 66.7 Å². The van der Waals surface area contributed by atoms with Crippen LogP contribution in [-0.4, -0.2) is 62.7 Å². The number of methoxy groups -OCH3 is 2. The van der Waals surface area contributed by atoms with Gasteiger partial charge in [0.25, 0.3) is 5.91 Å². The Hall–Kier alpha value is -3.27. The molecule has 0 bridgehead atoms. The van der Waals surface area contributed by atoms with E-state index in [0.29, 0.717) is 60.4 Å². The molecule has 0 unspecified atom stereocenters. The number of halogens is 4. The van der Waals surface area contributed by atoms with E-state index in [1.165, 1.54) is 19.2 Å². The van der Waals surface area contributed by atoms with Gasteiger partial charge < -0.3 is 19.1 Å². The van der Waals surface area contributed by atoms with E-state index in [2.05, 4.69) is 4.90 Å². The number of amides is 1. The Labute approximate surface area is 230 Å². The predicted octanol–water partition coefficient (Wildman–Crippen LogP) is 6.09. The van der Waals surface area contributed by atoms with Gasteiger partial charge in [0.15, 0.2) is 0 Å². The Morgan fingerprint density at radius 2 is 1.59 bits per heavy atom. The molecule has 1 saturated heterocycles. The zero-order valence-corrected chi connectivity index (χ0v) is 22.5. The molecule has 0 spiro atoms. The summed E-state index contributed by atoms with van der Waals surface area (Å²) in [6, 6.07) is 17.4. The summed E-state index contributed by atoms with van der Waals surface area (Å²) in [5, 5.41) is 0.598. The lowest BCUT2D eigenvalue weighted by molar-refractivity contribution is -0.137.